The number of nitrogens with zero attached hydrogens (tertiary/aromatic N) is 1. The summed E-state index contributed by atoms with van der Waals surface area (Å²) in [4.78, 5) is 25.5. The van der Waals surface area contributed by atoms with Gasteiger partial charge in [-0.1, -0.05) is 36.4 Å². The number of rotatable bonds is 6. The summed E-state index contributed by atoms with van der Waals surface area (Å²) in [6.45, 7) is 0.691. The van der Waals surface area contributed by atoms with Gasteiger partial charge in [0.1, 0.15) is 17.5 Å². The Hall–Kier alpha value is -2.86. The molecule has 1 heterocycles. The monoisotopic (exact) mass is 369 g/mol. The summed E-state index contributed by atoms with van der Waals surface area (Å²) in [5.74, 6) is -0.608. The number of hydrogen-bond donors (Lipinski definition) is 2. The lowest BCUT2D eigenvalue weighted by atomic mass is 9.84. The van der Waals surface area contributed by atoms with Crippen LogP contribution in [0.1, 0.15) is 29.6 Å². The van der Waals surface area contributed by atoms with Gasteiger partial charge in [-0.3, -0.25) is 9.59 Å². The fourth-order valence-electron chi connectivity index (χ4n) is 3.35. The predicted octanol–water partition coefficient (Wildman–Crippen LogP) is 2.58. The number of carboxylic acid groups (broad SMARTS) is 1. The van der Waals surface area contributed by atoms with E-state index in [4.69, 9.17) is 4.74 Å². The van der Waals surface area contributed by atoms with Crippen LogP contribution in [-0.4, -0.2) is 51.8 Å². The van der Waals surface area contributed by atoms with Gasteiger partial charge in [0.25, 0.3) is 5.91 Å². The number of hydrogen-bond acceptors (Lipinski definition) is 4. The average Bonchev–Trinajstić information content (AvgIpc) is 2.69. The minimum Gasteiger partial charge on any atom is -0.487 e. The Kier molecular flexibility index (Phi) is 5.76. The van der Waals surface area contributed by atoms with Crippen molar-refractivity contribution in [2.24, 2.45) is 0 Å². The Morgan fingerprint density at radius 3 is 2.11 bits per heavy atom. The maximum atomic E-state index is 12.6. The molecule has 1 amide bonds. The molecule has 2 aromatic carbocycles. The number of ether oxygens (including phenoxy) is 1. The maximum absolute atomic E-state index is 12.6. The minimum atomic E-state index is -1.30. The first-order chi connectivity index (χ1) is 13.0. The number of para-hydroxylation sites is 1. The Morgan fingerprint density at radius 2 is 1.56 bits per heavy atom. The van der Waals surface area contributed by atoms with E-state index in [1.165, 1.54) is 0 Å². The summed E-state index contributed by atoms with van der Waals surface area (Å²) in [5, 5.41) is 20.3. The second kappa shape index (κ2) is 8.22. The van der Waals surface area contributed by atoms with Gasteiger partial charge in [-0.15, -0.1) is 0 Å². The molecule has 1 aliphatic heterocycles. The lowest BCUT2D eigenvalue weighted by molar-refractivity contribution is -0.147. The molecule has 6 heteroatoms. The van der Waals surface area contributed by atoms with Gasteiger partial charge in [0, 0.05) is 18.7 Å². The number of benzene rings is 2. The standard InChI is InChI=1S/C21H23NO5/c23-19(24)15-18(27-17-9-5-2-6-10-17)21(26)11-13-22(14-12-21)20(25)16-7-3-1-4-8-16/h1-10,18,26H,11-15H2,(H,23,24). The van der Waals surface area contributed by atoms with E-state index in [0.717, 1.165) is 0 Å². The number of aliphatic hydroxyl groups is 1. The number of piperidine rings is 1. The van der Waals surface area contributed by atoms with E-state index in [1.807, 2.05) is 24.3 Å². The highest BCUT2D eigenvalue weighted by atomic mass is 16.5. The van der Waals surface area contributed by atoms with Crippen molar-refractivity contribution in [2.45, 2.75) is 31.0 Å². The highest BCUT2D eigenvalue weighted by Gasteiger charge is 2.43. The van der Waals surface area contributed by atoms with Gasteiger partial charge < -0.3 is 19.8 Å². The van der Waals surface area contributed by atoms with E-state index < -0.39 is 17.7 Å². The zero-order valence-electron chi connectivity index (χ0n) is 15.0. The summed E-state index contributed by atoms with van der Waals surface area (Å²) in [5.41, 5.74) is -0.701. The molecule has 27 heavy (non-hydrogen) atoms. The van der Waals surface area contributed by atoms with Crippen molar-refractivity contribution in [1.29, 1.82) is 0 Å². The van der Waals surface area contributed by atoms with Crippen molar-refractivity contribution in [3.05, 3.63) is 66.2 Å². The highest BCUT2D eigenvalue weighted by molar-refractivity contribution is 5.94. The van der Waals surface area contributed by atoms with Crippen molar-refractivity contribution in [3.63, 3.8) is 0 Å². The lowest BCUT2D eigenvalue weighted by Crippen LogP contribution is -2.55. The first-order valence-electron chi connectivity index (χ1n) is 8.98. The van der Waals surface area contributed by atoms with E-state index in [-0.39, 0.29) is 25.2 Å². The smallest absolute Gasteiger partial charge is 0.307 e. The third-order valence-electron chi connectivity index (χ3n) is 4.92. The third kappa shape index (κ3) is 4.65. The second-order valence-electron chi connectivity index (χ2n) is 6.78. The summed E-state index contributed by atoms with van der Waals surface area (Å²) in [7, 11) is 0. The minimum absolute atomic E-state index is 0.0867. The van der Waals surface area contributed by atoms with Crippen LogP contribution in [-0.2, 0) is 4.79 Å². The van der Waals surface area contributed by atoms with E-state index in [9.17, 15) is 19.8 Å². The van der Waals surface area contributed by atoms with Crippen LogP contribution in [0.3, 0.4) is 0 Å². The molecule has 0 bridgehead atoms. The van der Waals surface area contributed by atoms with Crippen LogP contribution in [0.4, 0.5) is 0 Å². The topological polar surface area (TPSA) is 87.1 Å². The third-order valence-corrected chi connectivity index (χ3v) is 4.92. The molecule has 6 nitrogen and oxygen atoms in total. The number of likely N-dealkylation sites (tertiary alicyclic amines) is 1. The molecule has 1 aliphatic rings. The van der Waals surface area contributed by atoms with Crippen LogP contribution in [0.5, 0.6) is 5.75 Å². The first kappa shape index (κ1) is 18.9. The van der Waals surface area contributed by atoms with Crippen LogP contribution in [0.15, 0.2) is 60.7 Å². The second-order valence-corrected chi connectivity index (χ2v) is 6.78. The van der Waals surface area contributed by atoms with E-state index in [1.54, 1.807) is 41.3 Å². The van der Waals surface area contributed by atoms with Crippen molar-refractivity contribution in [2.75, 3.05) is 13.1 Å². The molecule has 1 saturated heterocycles. The van der Waals surface area contributed by atoms with Crippen molar-refractivity contribution < 1.29 is 24.5 Å². The Bertz CT molecular complexity index is 770. The molecule has 0 aliphatic carbocycles. The first-order valence-corrected chi connectivity index (χ1v) is 8.98. The summed E-state index contributed by atoms with van der Waals surface area (Å²) < 4.78 is 5.81. The van der Waals surface area contributed by atoms with Crippen LogP contribution < -0.4 is 4.74 Å². The van der Waals surface area contributed by atoms with Gasteiger partial charge in [0.15, 0.2) is 0 Å². The fourth-order valence-corrected chi connectivity index (χ4v) is 3.35. The van der Waals surface area contributed by atoms with Crippen molar-refractivity contribution in [1.82, 2.24) is 4.90 Å². The van der Waals surface area contributed by atoms with Crippen LogP contribution in [0, 0.1) is 0 Å². The summed E-state index contributed by atoms with van der Waals surface area (Å²) >= 11 is 0. The Labute approximate surface area is 158 Å². The summed E-state index contributed by atoms with van der Waals surface area (Å²) in [6, 6.07) is 17.9. The lowest BCUT2D eigenvalue weighted by Gasteiger charge is -2.42. The zero-order chi connectivity index (χ0) is 19.3. The molecule has 2 N–H and O–H groups in total. The SMILES string of the molecule is O=C(O)CC(Oc1ccccc1)C1(O)CCN(C(=O)c2ccccc2)CC1. The zero-order valence-corrected chi connectivity index (χ0v) is 15.0. The molecule has 0 radical (unpaired) electrons. The molecular weight excluding hydrogens is 346 g/mol. The Balaban J connectivity index is 1.69. The molecule has 3 rings (SSSR count). The highest BCUT2D eigenvalue weighted by Crippen LogP contribution is 2.31. The van der Waals surface area contributed by atoms with Gasteiger partial charge in [-0.05, 0) is 37.1 Å². The van der Waals surface area contributed by atoms with Gasteiger partial charge in [-0.25, -0.2) is 0 Å². The molecule has 0 spiro atoms. The molecule has 0 saturated carbocycles. The van der Waals surface area contributed by atoms with Gasteiger partial charge in [0.05, 0.1) is 6.42 Å². The number of carbonyl (C=O) groups is 2. The van der Waals surface area contributed by atoms with E-state index >= 15 is 0 Å². The van der Waals surface area contributed by atoms with E-state index in [0.29, 0.717) is 24.4 Å². The van der Waals surface area contributed by atoms with Crippen molar-refractivity contribution in [3.8, 4) is 5.75 Å². The molecule has 1 unspecified atom stereocenters. The molecule has 1 atom stereocenters. The maximum Gasteiger partial charge on any atom is 0.307 e. The van der Waals surface area contributed by atoms with Crippen molar-refractivity contribution >= 4 is 11.9 Å². The number of carbonyl (C=O) groups excluding carboxylic acids is 1. The van der Waals surface area contributed by atoms with Gasteiger partial charge in [-0.2, -0.15) is 0 Å². The number of carboxylic acids is 1. The fraction of sp³-hybridized carbons (Fsp3) is 0.333. The Morgan fingerprint density at radius 1 is 1.00 bits per heavy atom. The van der Waals surface area contributed by atoms with Crippen LogP contribution in [0.25, 0.3) is 0 Å². The normalized spacial score (nSPS) is 17.1. The quantitative estimate of drug-likeness (QED) is 0.817. The molecule has 142 valence electrons. The number of amides is 1. The van der Waals surface area contributed by atoms with Crippen LogP contribution in [0.2, 0.25) is 0 Å². The molecule has 0 aromatic heterocycles. The van der Waals surface area contributed by atoms with Gasteiger partial charge >= 0.3 is 5.97 Å². The largest absolute Gasteiger partial charge is 0.487 e. The van der Waals surface area contributed by atoms with Gasteiger partial charge in [0.2, 0.25) is 0 Å². The molecule has 1 fully saturated rings. The number of aliphatic carboxylic acids is 1. The average molecular weight is 369 g/mol. The molecule has 2 aromatic rings. The van der Waals surface area contributed by atoms with Crippen LogP contribution >= 0.6 is 0 Å². The summed E-state index contributed by atoms with van der Waals surface area (Å²) in [6.07, 6.45) is -0.670. The molecular formula is C21H23NO5. The van der Waals surface area contributed by atoms with E-state index in [2.05, 4.69) is 0 Å². The predicted molar refractivity (Wildman–Crippen MR) is 99.6 cm³/mol.